The maximum atomic E-state index is 4.84. The molecule has 0 spiro atoms. The van der Waals surface area contributed by atoms with Crippen LogP contribution in [0.25, 0.3) is 0 Å². The molecule has 1 aliphatic heterocycles. The van der Waals surface area contributed by atoms with Crippen molar-refractivity contribution in [1.29, 1.82) is 0 Å². The molecule has 0 radical (unpaired) electrons. The van der Waals surface area contributed by atoms with Gasteiger partial charge in [-0.1, -0.05) is 33.8 Å². The van der Waals surface area contributed by atoms with E-state index in [1.807, 2.05) is 0 Å². The van der Waals surface area contributed by atoms with Crippen LogP contribution >= 0.6 is 0 Å². The van der Waals surface area contributed by atoms with Crippen molar-refractivity contribution in [3.05, 3.63) is 23.4 Å². The summed E-state index contributed by atoms with van der Waals surface area (Å²) in [4.78, 5) is 7.29. The summed E-state index contributed by atoms with van der Waals surface area (Å²) >= 11 is 0. The molecule has 1 N–H and O–H groups in total. The van der Waals surface area contributed by atoms with Gasteiger partial charge in [-0.15, -0.1) is 0 Å². The molecule has 0 saturated carbocycles. The van der Waals surface area contributed by atoms with Crippen LogP contribution in [-0.4, -0.2) is 24.6 Å². The Morgan fingerprint density at radius 3 is 2.67 bits per heavy atom. The predicted octanol–water partition coefficient (Wildman–Crippen LogP) is 3.76. The number of rotatable bonds is 5. The van der Waals surface area contributed by atoms with E-state index in [2.05, 4.69) is 57.0 Å². The molecule has 0 aliphatic carbocycles. The SMILES string of the molecule is CCCNCc1ccc(N2CCC(C(C)(C)C)C2)nc1C. The van der Waals surface area contributed by atoms with E-state index >= 15 is 0 Å². The highest BCUT2D eigenvalue weighted by Gasteiger charge is 2.32. The van der Waals surface area contributed by atoms with E-state index in [-0.39, 0.29) is 0 Å². The van der Waals surface area contributed by atoms with Gasteiger partial charge in [-0.2, -0.15) is 0 Å². The average molecular weight is 289 g/mol. The largest absolute Gasteiger partial charge is 0.356 e. The van der Waals surface area contributed by atoms with E-state index in [1.165, 1.54) is 18.4 Å². The first-order valence-corrected chi connectivity index (χ1v) is 8.34. The highest BCUT2D eigenvalue weighted by molar-refractivity contribution is 5.43. The fourth-order valence-corrected chi connectivity index (χ4v) is 3.01. The van der Waals surface area contributed by atoms with Crippen molar-refractivity contribution in [2.45, 2.75) is 54.0 Å². The fourth-order valence-electron chi connectivity index (χ4n) is 3.01. The summed E-state index contributed by atoms with van der Waals surface area (Å²) in [7, 11) is 0. The quantitative estimate of drug-likeness (QED) is 0.837. The van der Waals surface area contributed by atoms with Gasteiger partial charge >= 0.3 is 0 Å². The molecule has 118 valence electrons. The highest BCUT2D eigenvalue weighted by atomic mass is 15.2. The fraction of sp³-hybridized carbons (Fsp3) is 0.722. The molecular weight excluding hydrogens is 258 g/mol. The summed E-state index contributed by atoms with van der Waals surface area (Å²) in [6.07, 6.45) is 2.45. The van der Waals surface area contributed by atoms with E-state index in [0.717, 1.165) is 43.6 Å². The Balaban J connectivity index is 2.00. The summed E-state index contributed by atoms with van der Waals surface area (Å²) < 4.78 is 0. The second-order valence-corrected chi connectivity index (χ2v) is 7.39. The van der Waals surface area contributed by atoms with Crippen molar-refractivity contribution < 1.29 is 0 Å². The number of hydrogen-bond acceptors (Lipinski definition) is 3. The van der Waals surface area contributed by atoms with Gasteiger partial charge in [-0.05, 0) is 49.3 Å². The lowest BCUT2D eigenvalue weighted by atomic mass is 9.80. The molecule has 21 heavy (non-hydrogen) atoms. The van der Waals surface area contributed by atoms with Crippen molar-refractivity contribution in [1.82, 2.24) is 10.3 Å². The zero-order chi connectivity index (χ0) is 15.5. The molecule has 0 aromatic carbocycles. The van der Waals surface area contributed by atoms with Gasteiger partial charge in [0.2, 0.25) is 0 Å². The third-order valence-corrected chi connectivity index (χ3v) is 4.66. The second kappa shape index (κ2) is 6.78. The highest BCUT2D eigenvalue weighted by Crippen LogP contribution is 2.35. The Labute approximate surface area is 130 Å². The van der Waals surface area contributed by atoms with Crippen molar-refractivity contribution in [2.24, 2.45) is 11.3 Å². The minimum atomic E-state index is 0.397. The lowest BCUT2D eigenvalue weighted by Crippen LogP contribution is -2.26. The second-order valence-electron chi connectivity index (χ2n) is 7.39. The molecule has 3 nitrogen and oxygen atoms in total. The Morgan fingerprint density at radius 1 is 1.33 bits per heavy atom. The van der Waals surface area contributed by atoms with Gasteiger partial charge in [-0.25, -0.2) is 4.98 Å². The maximum absolute atomic E-state index is 4.84. The van der Waals surface area contributed by atoms with Gasteiger partial charge in [0.1, 0.15) is 5.82 Å². The Morgan fingerprint density at radius 2 is 2.10 bits per heavy atom. The standard InChI is InChI=1S/C18H31N3/c1-6-10-19-12-15-7-8-17(20-14(15)2)21-11-9-16(13-21)18(3,4)5/h7-8,16,19H,6,9-13H2,1-5H3. The van der Waals surface area contributed by atoms with Crippen LogP contribution in [0.1, 0.15) is 51.8 Å². The molecule has 0 bridgehead atoms. The molecule has 1 atom stereocenters. The summed E-state index contributed by atoms with van der Waals surface area (Å²) in [5.74, 6) is 1.92. The first-order valence-electron chi connectivity index (χ1n) is 8.34. The molecule has 1 unspecified atom stereocenters. The number of nitrogens with zero attached hydrogens (tertiary/aromatic N) is 2. The number of nitrogens with one attached hydrogen (secondary N) is 1. The van der Waals surface area contributed by atoms with E-state index in [9.17, 15) is 0 Å². The van der Waals surface area contributed by atoms with Gasteiger partial charge in [0.15, 0.2) is 0 Å². The molecule has 1 aromatic heterocycles. The molecule has 3 heteroatoms. The topological polar surface area (TPSA) is 28.2 Å². The molecular formula is C18H31N3. The first kappa shape index (κ1) is 16.3. The van der Waals surface area contributed by atoms with E-state index in [4.69, 9.17) is 4.98 Å². The normalized spacial score (nSPS) is 19.3. The van der Waals surface area contributed by atoms with Crippen molar-refractivity contribution in [2.75, 3.05) is 24.5 Å². The molecule has 0 amide bonds. The minimum absolute atomic E-state index is 0.397. The summed E-state index contributed by atoms with van der Waals surface area (Å²) in [6.45, 7) is 15.7. The van der Waals surface area contributed by atoms with Gasteiger partial charge in [0, 0.05) is 25.3 Å². The Bertz CT molecular complexity index is 462. The summed E-state index contributed by atoms with van der Waals surface area (Å²) in [5.41, 5.74) is 2.88. The Hall–Kier alpha value is -1.09. The number of anilines is 1. The lowest BCUT2D eigenvalue weighted by Gasteiger charge is -2.27. The first-order chi connectivity index (χ1) is 9.91. The van der Waals surface area contributed by atoms with Crippen LogP contribution in [0.2, 0.25) is 0 Å². The monoisotopic (exact) mass is 289 g/mol. The predicted molar refractivity (Wildman–Crippen MR) is 90.7 cm³/mol. The molecule has 1 fully saturated rings. The molecule has 1 aromatic rings. The molecule has 2 heterocycles. The van der Waals surface area contributed by atoms with Crippen LogP contribution in [0, 0.1) is 18.3 Å². The zero-order valence-corrected chi connectivity index (χ0v) is 14.4. The number of aryl methyl sites for hydroxylation is 1. The average Bonchev–Trinajstić information content (AvgIpc) is 2.90. The maximum Gasteiger partial charge on any atom is 0.128 e. The Kier molecular flexibility index (Phi) is 5.26. The third-order valence-electron chi connectivity index (χ3n) is 4.66. The van der Waals surface area contributed by atoms with E-state index < -0.39 is 0 Å². The van der Waals surface area contributed by atoms with Crippen molar-refractivity contribution in [3.8, 4) is 0 Å². The zero-order valence-electron chi connectivity index (χ0n) is 14.4. The number of hydrogen-bond donors (Lipinski definition) is 1. The van der Waals surface area contributed by atoms with Crippen LogP contribution in [-0.2, 0) is 6.54 Å². The van der Waals surface area contributed by atoms with Crippen LogP contribution < -0.4 is 10.2 Å². The van der Waals surface area contributed by atoms with Gasteiger partial charge in [-0.3, -0.25) is 0 Å². The minimum Gasteiger partial charge on any atom is -0.356 e. The van der Waals surface area contributed by atoms with Crippen LogP contribution in [0.4, 0.5) is 5.82 Å². The third kappa shape index (κ3) is 4.19. The summed E-state index contributed by atoms with van der Waals surface area (Å²) in [6, 6.07) is 4.44. The summed E-state index contributed by atoms with van der Waals surface area (Å²) in [5, 5.41) is 3.45. The van der Waals surface area contributed by atoms with E-state index in [1.54, 1.807) is 0 Å². The smallest absolute Gasteiger partial charge is 0.128 e. The van der Waals surface area contributed by atoms with E-state index in [0.29, 0.717) is 5.41 Å². The molecule has 1 aliphatic rings. The molecule has 2 rings (SSSR count). The van der Waals surface area contributed by atoms with Crippen molar-refractivity contribution >= 4 is 5.82 Å². The van der Waals surface area contributed by atoms with Crippen LogP contribution in [0.5, 0.6) is 0 Å². The van der Waals surface area contributed by atoms with Gasteiger partial charge < -0.3 is 10.2 Å². The van der Waals surface area contributed by atoms with Gasteiger partial charge in [0.05, 0.1) is 0 Å². The van der Waals surface area contributed by atoms with Crippen LogP contribution in [0.3, 0.4) is 0 Å². The van der Waals surface area contributed by atoms with Crippen LogP contribution in [0.15, 0.2) is 12.1 Å². The number of aromatic nitrogens is 1. The molecule has 1 saturated heterocycles. The number of pyridine rings is 1. The lowest BCUT2D eigenvalue weighted by molar-refractivity contribution is 0.263. The van der Waals surface area contributed by atoms with Crippen molar-refractivity contribution in [3.63, 3.8) is 0 Å². The van der Waals surface area contributed by atoms with Gasteiger partial charge in [0.25, 0.3) is 0 Å².